The maximum Gasteiger partial charge on any atom is 0.0659 e. The van der Waals surface area contributed by atoms with Gasteiger partial charge in [0, 0.05) is 31.9 Å². The third-order valence-electron chi connectivity index (χ3n) is 3.60. The van der Waals surface area contributed by atoms with E-state index in [0.717, 1.165) is 45.6 Å². The normalized spacial score (nSPS) is 35.6. The highest BCUT2D eigenvalue weighted by Gasteiger charge is 2.34. The smallest absolute Gasteiger partial charge is 0.0659 e. The molecule has 0 saturated carbocycles. The van der Waals surface area contributed by atoms with Gasteiger partial charge in [-0.1, -0.05) is 0 Å². The predicted octanol–water partition coefficient (Wildman–Crippen LogP) is 0.263. The Bertz CT molecular complexity index is 209. The molecule has 2 fully saturated rings. The van der Waals surface area contributed by atoms with Gasteiger partial charge < -0.3 is 20.5 Å². The van der Waals surface area contributed by atoms with Gasteiger partial charge in [0.2, 0.25) is 0 Å². The zero-order chi connectivity index (χ0) is 10.8. The molecule has 0 spiro atoms. The minimum atomic E-state index is -0.151. The Kier molecular flexibility index (Phi) is 3.30. The van der Waals surface area contributed by atoms with Gasteiger partial charge >= 0.3 is 0 Å². The van der Waals surface area contributed by atoms with Gasteiger partial charge in [-0.05, 0) is 26.2 Å². The number of hydrogen-bond donors (Lipinski definition) is 2. The second-order valence-corrected chi connectivity index (χ2v) is 5.19. The molecular weight excluding hydrogens is 192 g/mol. The number of nitrogens with one attached hydrogen (secondary N) is 1. The molecular formula is C11H22N2O2. The molecule has 15 heavy (non-hydrogen) atoms. The van der Waals surface area contributed by atoms with E-state index in [4.69, 9.17) is 15.2 Å². The minimum Gasteiger partial charge on any atom is -0.381 e. The van der Waals surface area contributed by atoms with Crippen LogP contribution in [0.15, 0.2) is 0 Å². The van der Waals surface area contributed by atoms with Gasteiger partial charge in [-0.3, -0.25) is 0 Å². The lowest BCUT2D eigenvalue weighted by molar-refractivity contribution is 0.0425. The van der Waals surface area contributed by atoms with E-state index in [-0.39, 0.29) is 11.1 Å². The van der Waals surface area contributed by atoms with Crippen molar-refractivity contribution in [2.24, 2.45) is 5.73 Å². The van der Waals surface area contributed by atoms with Gasteiger partial charge in [-0.2, -0.15) is 0 Å². The van der Waals surface area contributed by atoms with Crippen LogP contribution < -0.4 is 11.1 Å². The van der Waals surface area contributed by atoms with Gasteiger partial charge in [0.05, 0.1) is 12.1 Å². The molecule has 2 aliphatic heterocycles. The molecule has 3 N–H and O–H groups in total. The zero-order valence-electron chi connectivity index (χ0n) is 9.55. The van der Waals surface area contributed by atoms with E-state index in [1.54, 1.807) is 0 Å². The first-order chi connectivity index (χ1) is 7.12. The van der Waals surface area contributed by atoms with Gasteiger partial charge in [0.1, 0.15) is 0 Å². The second-order valence-electron chi connectivity index (χ2n) is 5.19. The summed E-state index contributed by atoms with van der Waals surface area (Å²) in [6, 6.07) is 0. The second kappa shape index (κ2) is 4.37. The summed E-state index contributed by atoms with van der Waals surface area (Å²) in [7, 11) is 0. The summed E-state index contributed by atoms with van der Waals surface area (Å²) in [6.07, 6.45) is 3.11. The maximum atomic E-state index is 6.22. The van der Waals surface area contributed by atoms with Crippen LogP contribution in [0.2, 0.25) is 0 Å². The molecule has 2 rings (SSSR count). The van der Waals surface area contributed by atoms with Crippen LogP contribution in [0.5, 0.6) is 0 Å². The SMILES string of the molecule is CC1(NCC2(N)CCOC2)CCOCC1. The Morgan fingerprint density at radius 2 is 1.80 bits per heavy atom. The van der Waals surface area contributed by atoms with E-state index in [1.807, 2.05) is 0 Å². The van der Waals surface area contributed by atoms with Crippen LogP contribution in [0.4, 0.5) is 0 Å². The first-order valence-electron chi connectivity index (χ1n) is 5.81. The van der Waals surface area contributed by atoms with Crippen molar-refractivity contribution in [3.8, 4) is 0 Å². The highest BCUT2D eigenvalue weighted by molar-refractivity contribution is 4.94. The Balaban J connectivity index is 1.80. The van der Waals surface area contributed by atoms with Crippen LogP contribution in [0.25, 0.3) is 0 Å². The molecule has 0 bridgehead atoms. The van der Waals surface area contributed by atoms with E-state index < -0.39 is 0 Å². The highest BCUT2D eigenvalue weighted by atomic mass is 16.5. The topological polar surface area (TPSA) is 56.5 Å². The fourth-order valence-electron chi connectivity index (χ4n) is 2.15. The van der Waals surface area contributed by atoms with Gasteiger partial charge in [0.25, 0.3) is 0 Å². The van der Waals surface area contributed by atoms with Crippen molar-refractivity contribution in [3.63, 3.8) is 0 Å². The summed E-state index contributed by atoms with van der Waals surface area (Å²) in [4.78, 5) is 0. The molecule has 0 aromatic carbocycles. The zero-order valence-corrected chi connectivity index (χ0v) is 9.55. The van der Waals surface area contributed by atoms with Crippen LogP contribution in [0.1, 0.15) is 26.2 Å². The van der Waals surface area contributed by atoms with Gasteiger partial charge in [0.15, 0.2) is 0 Å². The first kappa shape index (κ1) is 11.3. The van der Waals surface area contributed by atoms with E-state index in [1.165, 1.54) is 0 Å². The van der Waals surface area contributed by atoms with E-state index in [9.17, 15) is 0 Å². The van der Waals surface area contributed by atoms with Crippen molar-refractivity contribution in [2.75, 3.05) is 33.0 Å². The average Bonchev–Trinajstić information content (AvgIpc) is 2.65. The van der Waals surface area contributed by atoms with Gasteiger partial charge in [-0.25, -0.2) is 0 Å². The van der Waals surface area contributed by atoms with Crippen molar-refractivity contribution in [2.45, 2.75) is 37.3 Å². The van der Waals surface area contributed by atoms with Gasteiger partial charge in [-0.15, -0.1) is 0 Å². The quantitative estimate of drug-likeness (QED) is 0.708. The number of nitrogens with two attached hydrogens (primary N) is 1. The Morgan fingerprint density at radius 3 is 2.40 bits per heavy atom. The van der Waals surface area contributed by atoms with Crippen LogP contribution in [-0.4, -0.2) is 44.1 Å². The van der Waals surface area contributed by atoms with Crippen LogP contribution in [0.3, 0.4) is 0 Å². The van der Waals surface area contributed by atoms with E-state index >= 15 is 0 Å². The lowest BCUT2D eigenvalue weighted by atomic mass is 9.90. The van der Waals surface area contributed by atoms with E-state index in [0.29, 0.717) is 6.61 Å². The third-order valence-corrected chi connectivity index (χ3v) is 3.60. The minimum absolute atomic E-state index is 0.151. The van der Waals surface area contributed by atoms with Crippen molar-refractivity contribution < 1.29 is 9.47 Å². The summed E-state index contributed by atoms with van der Waals surface area (Å²) in [6.45, 7) is 6.32. The molecule has 1 unspecified atom stereocenters. The number of rotatable bonds is 3. The fourth-order valence-corrected chi connectivity index (χ4v) is 2.15. The molecule has 0 aromatic heterocycles. The summed E-state index contributed by atoms with van der Waals surface area (Å²) in [5.41, 5.74) is 6.27. The molecule has 4 heteroatoms. The predicted molar refractivity (Wildman–Crippen MR) is 58.8 cm³/mol. The van der Waals surface area contributed by atoms with Crippen molar-refractivity contribution in [1.82, 2.24) is 5.32 Å². The molecule has 88 valence electrons. The van der Waals surface area contributed by atoms with Crippen molar-refractivity contribution >= 4 is 0 Å². The molecule has 2 heterocycles. The van der Waals surface area contributed by atoms with Crippen LogP contribution >= 0.6 is 0 Å². The largest absolute Gasteiger partial charge is 0.381 e. The monoisotopic (exact) mass is 214 g/mol. The molecule has 0 radical (unpaired) electrons. The molecule has 0 aliphatic carbocycles. The number of hydrogen-bond acceptors (Lipinski definition) is 4. The molecule has 0 amide bonds. The van der Waals surface area contributed by atoms with Crippen molar-refractivity contribution in [3.05, 3.63) is 0 Å². The molecule has 2 saturated heterocycles. The van der Waals surface area contributed by atoms with Crippen LogP contribution in [-0.2, 0) is 9.47 Å². The van der Waals surface area contributed by atoms with Crippen molar-refractivity contribution in [1.29, 1.82) is 0 Å². The van der Waals surface area contributed by atoms with E-state index in [2.05, 4.69) is 12.2 Å². The molecule has 1 atom stereocenters. The maximum absolute atomic E-state index is 6.22. The highest BCUT2D eigenvalue weighted by Crippen LogP contribution is 2.22. The third kappa shape index (κ3) is 2.91. The Hall–Kier alpha value is -0.160. The first-order valence-corrected chi connectivity index (χ1v) is 5.81. The lowest BCUT2D eigenvalue weighted by Crippen LogP contribution is -2.56. The number of ether oxygens (including phenoxy) is 2. The standard InChI is InChI=1S/C11H22N2O2/c1-10(2-5-14-6-3-10)13-8-11(12)4-7-15-9-11/h13H,2-9,12H2,1H3. The summed E-state index contributed by atoms with van der Waals surface area (Å²) >= 11 is 0. The Morgan fingerprint density at radius 1 is 1.13 bits per heavy atom. The van der Waals surface area contributed by atoms with Crippen LogP contribution in [0, 0.1) is 0 Å². The summed E-state index contributed by atoms with van der Waals surface area (Å²) in [5.74, 6) is 0. The Labute approximate surface area is 91.5 Å². The average molecular weight is 214 g/mol. The lowest BCUT2D eigenvalue weighted by Gasteiger charge is -2.37. The molecule has 0 aromatic rings. The summed E-state index contributed by atoms with van der Waals surface area (Å²) in [5, 5.41) is 3.60. The molecule has 2 aliphatic rings. The fraction of sp³-hybridized carbons (Fsp3) is 1.00. The molecule has 4 nitrogen and oxygen atoms in total. The summed E-state index contributed by atoms with van der Waals surface area (Å²) < 4.78 is 10.7.